The zero-order valence-electron chi connectivity index (χ0n) is 13.0. The number of halogens is 1. The van der Waals surface area contributed by atoms with Gasteiger partial charge in [-0.05, 0) is 30.5 Å². The van der Waals surface area contributed by atoms with Gasteiger partial charge in [0.2, 0.25) is 5.91 Å². The third kappa shape index (κ3) is 4.25. The summed E-state index contributed by atoms with van der Waals surface area (Å²) in [5.74, 6) is -0.349. The highest BCUT2D eigenvalue weighted by molar-refractivity contribution is 5.82. The maximum absolute atomic E-state index is 13.5. The summed E-state index contributed by atoms with van der Waals surface area (Å²) in [6, 6.07) is 4.77. The van der Waals surface area contributed by atoms with E-state index in [0.717, 1.165) is 5.56 Å². The number of hydrogen-bond donors (Lipinski definition) is 2. The second-order valence-electron chi connectivity index (χ2n) is 5.23. The number of benzene rings is 1. The van der Waals surface area contributed by atoms with Crippen molar-refractivity contribution in [2.24, 2.45) is 11.1 Å². The predicted octanol–water partition coefficient (Wildman–Crippen LogP) is 2.35. The number of ether oxygens (including phenoxy) is 1. The molecule has 0 unspecified atom stereocenters. The Bertz CT molecular complexity index is 465. The molecule has 0 spiro atoms. The van der Waals surface area contributed by atoms with E-state index >= 15 is 0 Å². The number of amides is 1. The molecule has 0 saturated heterocycles. The fourth-order valence-electron chi connectivity index (χ4n) is 2.33. The van der Waals surface area contributed by atoms with Crippen molar-refractivity contribution in [2.75, 3.05) is 13.7 Å². The van der Waals surface area contributed by atoms with Crippen LogP contribution in [0.25, 0.3) is 0 Å². The molecule has 118 valence electrons. The zero-order valence-corrected chi connectivity index (χ0v) is 13.0. The summed E-state index contributed by atoms with van der Waals surface area (Å²) in [4.78, 5) is 12.3. The minimum absolute atomic E-state index is 0.0485. The van der Waals surface area contributed by atoms with Crippen LogP contribution in [0.3, 0.4) is 0 Å². The van der Waals surface area contributed by atoms with Gasteiger partial charge in [-0.15, -0.1) is 0 Å². The van der Waals surface area contributed by atoms with Gasteiger partial charge in [0.15, 0.2) is 0 Å². The first-order valence-electron chi connectivity index (χ1n) is 7.27. The SMILES string of the molecule is CCC(CC)(CN)C(=O)NCc1ccc(F)c(COC)c1. The molecule has 0 fully saturated rings. The molecule has 1 amide bonds. The number of carbonyl (C=O) groups excluding carboxylic acids is 1. The van der Waals surface area contributed by atoms with Crippen molar-refractivity contribution in [2.45, 2.75) is 39.8 Å². The first kappa shape index (κ1) is 17.6. The van der Waals surface area contributed by atoms with Gasteiger partial charge in [0.25, 0.3) is 0 Å². The third-order valence-electron chi connectivity index (χ3n) is 4.09. The van der Waals surface area contributed by atoms with Crippen LogP contribution < -0.4 is 11.1 Å². The quantitative estimate of drug-likeness (QED) is 0.774. The standard InChI is InChI=1S/C16H25FN2O2/c1-4-16(5-2,11-18)15(20)19-9-12-6-7-14(17)13(8-12)10-21-3/h6-8H,4-5,9-11,18H2,1-3H3,(H,19,20). The molecule has 3 N–H and O–H groups in total. The van der Waals surface area contributed by atoms with Gasteiger partial charge in [0, 0.05) is 25.8 Å². The smallest absolute Gasteiger partial charge is 0.227 e. The Morgan fingerprint density at radius 2 is 2.05 bits per heavy atom. The molecule has 4 nitrogen and oxygen atoms in total. The Hall–Kier alpha value is -1.46. The molecule has 1 aromatic rings. The fraction of sp³-hybridized carbons (Fsp3) is 0.562. The van der Waals surface area contributed by atoms with E-state index in [1.165, 1.54) is 13.2 Å². The Labute approximate surface area is 125 Å². The molecule has 0 bridgehead atoms. The number of rotatable bonds is 8. The minimum atomic E-state index is -0.518. The zero-order chi connectivity index (χ0) is 15.9. The van der Waals surface area contributed by atoms with Crippen LogP contribution in [0.15, 0.2) is 18.2 Å². The summed E-state index contributed by atoms with van der Waals surface area (Å²) in [6.45, 7) is 4.82. The molecule has 0 heterocycles. The largest absolute Gasteiger partial charge is 0.380 e. The van der Waals surface area contributed by atoms with Gasteiger partial charge in [0.1, 0.15) is 5.82 Å². The number of hydrogen-bond acceptors (Lipinski definition) is 3. The highest BCUT2D eigenvalue weighted by Gasteiger charge is 2.32. The molecule has 0 aliphatic carbocycles. The van der Waals surface area contributed by atoms with Crippen LogP contribution >= 0.6 is 0 Å². The van der Waals surface area contributed by atoms with Gasteiger partial charge in [-0.2, -0.15) is 0 Å². The Kier molecular flexibility index (Phi) is 6.78. The molecule has 1 aromatic carbocycles. The number of methoxy groups -OCH3 is 1. The molecule has 0 aliphatic rings. The molecule has 0 saturated carbocycles. The lowest BCUT2D eigenvalue weighted by molar-refractivity contribution is -0.131. The summed E-state index contributed by atoms with van der Waals surface area (Å²) in [5.41, 5.74) is 6.57. The first-order chi connectivity index (χ1) is 10.0. The van der Waals surface area contributed by atoms with E-state index in [1.807, 2.05) is 13.8 Å². The molecular weight excluding hydrogens is 271 g/mol. The predicted molar refractivity (Wildman–Crippen MR) is 81.0 cm³/mol. The summed E-state index contributed by atoms with van der Waals surface area (Å²) in [5, 5.41) is 2.90. The molecule has 0 aliphatic heterocycles. The van der Waals surface area contributed by atoms with Crippen LogP contribution in [-0.2, 0) is 22.7 Å². The average molecular weight is 296 g/mol. The summed E-state index contributed by atoms with van der Waals surface area (Å²) < 4.78 is 18.5. The monoisotopic (exact) mass is 296 g/mol. The van der Waals surface area contributed by atoms with E-state index in [0.29, 0.717) is 31.5 Å². The van der Waals surface area contributed by atoms with E-state index in [1.54, 1.807) is 12.1 Å². The molecule has 0 radical (unpaired) electrons. The van der Waals surface area contributed by atoms with E-state index in [2.05, 4.69) is 5.32 Å². The Morgan fingerprint density at radius 1 is 1.38 bits per heavy atom. The van der Waals surface area contributed by atoms with Crippen molar-refractivity contribution < 1.29 is 13.9 Å². The first-order valence-corrected chi connectivity index (χ1v) is 7.27. The topological polar surface area (TPSA) is 64.4 Å². The van der Waals surface area contributed by atoms with Crippen molar-refractivity contribution in [3.05, 3.63) is 35.1 Å². The second kappa shape index (κ2) is 8.10. The normalized spacial score (nSPS) is 11.5. The molecule has 21 heavy (non-hydrogen) atoms. The molecule has 5 heteroatoms. The molecular formula is C16H25FN2O2. The van der Waals surface area contributed by atoms with Crippen molar-refractivity contribution >= 4 is 5.91 Å². The maximum Gasteiger partial charge on any atom is 0.227 e. The highest BCUT2D eigenvalue weighted by atomic mass is 19.1. The van der Waals surface area contributed by atoms with E-state index in [-0.39, 0.29) is 18.3 Å². The van der Waals surface area contributed by atoms with Crippen LogP contribution in [0, 0.1) is 11.2 Å². The molecule has 0 aromatic heterocycles. The summed E-state index contributed by atoms with van der Waals surface area (Å²) >= 11 is 0. The van der Waals surface area contributed by atoms with Crippen LogP contribution in [0.1, 0.15) is 37.8 Å². The number of nitrogens with one attached hydrogen (secondary N) is 1. The lowest BCUT2D eigenvalue weighted by Gasteiger charge is -2.28. The Balaban J connectivity index is 2.75. The van der Waals surface area contributed by atoms with Gasteiger partial charge in [-0.3, -0.25) is 4.79 Å². The van der Waals surface area contributed by atoms with Gasteiger partial charge < -0.3 is 15.8 Å². The fourth-order valence-corrected chi connectivity index (χ4v) is 2.33. The van der Waals surface area contributed by atoms with Crippen molar-refractivity contribution in [1.29, 1.82) is 0 Å². The van der Waals surface area contributed by atoms with Gasteiger partial charge >= 0.3 is 0 Å². The summed E-state index contributed by atoms with van der Waals surface area (Å²) in [6.07, 6.45) is 1.40. The third-order valence-corrected chi connectivity index (χ3v) is 4.09. The van der Waals surface area contributed by atoms with E-state index in [4.69, 9.17) is 10.5 Å². The van der Waals surface area contributed by atoms with Crippen molar-refractivity contribution in [3.63, 3.8) is 0 Å². The van der Waals surface area contributed by atoms with Crippen LogP contribution in [0.2, 0.25) is 0 Å². The van der Waals surface area contributed by atoms with Crippen molar-refractivity contribution in [1.82, 2.24) is 5.32 Å². The maximum atomic E-state index is 13.5. The van der Waals surface area contributed by atoms with Crippen LogP contribution in [0.5, 0.6) is 0 Å². The lowest BCUT2D eigenvalue weighted by Crippen LogP contribution is -2.45. The van der Waals surface area contributed by atoms with Crippen LogP contribution in [0.4, 0.5) is 4.39 Å². The van der Waals surface area contributed by atoms with E-state index in [9.17, 15) is 9.18 Å². The molecule has 1 rings (SSSR count). The second-order valence-corrected chi connectivity index (χ2v) is 5.23. The van der Waals surface area contributed by atoms with E-state index < -0.39 is 5.41 Å². The number of carbonyl (C=O) groups is 1. The summed E-state index contributed by atoms with van der Waals surface area (Å²) in [7, 11) is 1.52. The number of nitrogens with two attached hydrogens (primary N) is 1. The highest BCUT2D eigenvalue weighted by Crippen LogP contribution is 2.25. The lowest BCUT2D eigenvalue weighted by atomic mass is 9.81. The Morgan fingerprint density at radius 3 is 2.57 bits per heavy atom. The van der Waals surface area contributed by atoms with Gasteiger partial charge in [-0.25, -0.2) is 4.39 Å². The van der Waals surface area contributed by atoms with Crippen molar-refractivity contribution in [3.8, 4) is 0 Å². The molecule has 0 atom stereocenters. The minimum Gasteiger partial charge on any atom is -0.380 e. The van der Waals surface area contributed by atoms with Gasteiger partial charge in [0.05, 0.1) is 12.0 Å². The average Bonchev–Trinajstić information content (AvgIpc) is 2.50. The van der Waals surface area contributed by atoms with Crippen LogP contribution in [-0.4, -0.2) is 19.6 Å². The van der Waals surface area contributed by atoms with Gasteiger partial charge in [-0.1, -0.05) is 19.9 Å².